The van der Waals surface area contributed by atoms with Gasteiger partial charge in [-0.25, -0.2) is 0 Å². The van der Waals surface area contributed by atoms with Crippen molar-refractivity contribution in [1.29, 1.82) is 0 Å². The molecule has 2 aromatic rings. The molecule has 0 aliphatic rings. The summed E-state index contributed by atoms with van der Waals surface area (Å²) in [5, 5.41) is 11.0. The van der Waals surface area contributed by atoms with Crippen molar-refractivity contribution in [3.8, 4) is 0 Å². The van der Waals surface area contributed by atoms with Crippen molar-refractivity contribution >= 4 is 11.4 Å². The molecule has 1 N–H and O–H groups in total. The van der Waals surface area contributed by atoms with Crippen molar-refractivity contribution in [2.24, 2.45) is 10.2 Å². The second kappa shape index (κ2) is 8.19. The first-order valence-electron chi connectivity index (χ1n) is 5.47. The first-order valence-corrected chi connectivity index (χ1v) is 5.47. The van der Waals surface area contributed by atoms with Gasteiger partial charge in [-0.05, 0) is 38.4 Å². The fraction of sp³-hybridized carbons (Fsp3) is 0.143. The number of hydrogen-bond acceptors (Lipinski definition) is 3. The molecule has 0 fully saturated rings. The van der Waals surface area contributed by atoms with Gasteiger partial charge < -0.3 is 5.32 Å². The predicted molar refractivity (Wildman–Crippen MR) is 72.0 cm³/mol. The van der Waals surface area contributed by atoms with Crippen LogP contribution in [0, 0.1) is 0 Å². The Hall–Kier alpha value is -2.00. The lowest BCUT2D eigenvalue weighted by atomic mass is 10.3. The molecule has 88 valence electrons. The van der Waals surface area contributed by atoms with Crippen LogP contribution in [-0.4, -0.2) is 14.1 Å². The van der Waals surface area contributed by atoms with Crippen LogP contribution in [0.1, 0.15) is 0 Å². The molecule has 0 aliphatic heterocycles. The number of nitrogens with zero attached hydrogens (tertiary/aromatic N) is 2. The normalized spacial score (nSPS) is 9.76. The maximum absolute atomic E-state index is 4.10. The molecule has 2 aromatic carbocycles. The lowest BCUT2D eigenvalue weighted by molar-refractivity contribution is 1.02. The van der Waals surface area contributed by atoms with Gasteiger partial charge in [0, 0.05) is 0 Å². The highest BCUT2D eigenvalue weighted by molar-refractivity contribution is 5.39. The number of benzene rings is 2. The maximum atomic E-state index is 4.10. The minimum atomic E-state index is 0.872. The molecule has 0 aromatic heterocycles. The van der Waals surface area contributed by atoms with Gasteiger partial charge in [-0.3, -0.25) is 0 Å². The van der Waals surface area contributed by atoms with Crippen molar-refractivity contribution in [3.63, 3.8) is 0 Å². The Morgan fingerprint density at radius 3 is 1.24 bits per heavy atom. The van der Waals surface area contributed by atoms with Crippen molar-refractivity contribution in [1.82, 2.24) is 5.32 Å². The molecule has 0 bridgehead atoms. The van der Waals surface area contributed by atoms with E-state index < -0.39 is 0 Å². The summed E-state index contributed by atoms with van der Waals surface area (Å²) < 4.78 is 0. The van der Waals surface area contributed by atoms with Crippen molar-refractivity contribution in [3.05, 3.63) is 60.7 Å². The molecule has 0 amide bonds. The quantitative estimate of drug-likeness (QED) is 0.775. The van der Waals surface area contributed by atoms with E-state index in [1.54, 1.807) is 0 Å². The molecule has 17 heavy (non-hydrogen) atoms. The van der Waals surface area contributed by atoms with E-state index in [1.807, 2.05) is 74.8 Å². The van der Waals surface area contributed by atoms with Crippen LogP contribution in [-0.2, 0) is 0 Å². The first kappa shape index (κ1) is 13.1. The molecule has 0 aliphatic carbocycles. The molecule has 0 radical (unpaired) electrons. The molecule has 3 nitrogen and oxygen atoms in total. The van der Waals surface area contributed by atoms with Crippen LogP contribution in [0.25, 0.3) is 0 Å². The van der Waals surface area contributed by atoms with E-state index in [2.05, 4.69) is 15.5 Å². The Morgan fingerprint density at radius 1 is 0.647 bits per heavy atom. The summed E-state index contributed by atoms with van der Waals surface area (Å²) in [5.74, 6) is 0. The lowest BCUT2D eigenvalue weighted by Gasteiger charge is -1.91. The average Bonchev–Trinajstić information content (AvgIpc) is 2.40. The molecule has 0 atom stereocenters. The van der Waals surface area contributed by atoms with Gasteiger partial charge >= 0.3 is 0 Å². The zero-order valence-electron chi connectivity index (χ0n) is 10.2. The van der Waals surface area contributed by atoms with E-state index in [0.717, 1.165) is 11.4 Å². The standard InChI is InChI=1S/C12H10N2.C2H7N/c1-3-7-11(8-4-1)13-14-12-9-5-2-6-10-12;1-3-2/h1-10H;3H,1-2H3. The predicted octanol–water partition coefficient (Wildman–Crippen LogP) is 3.94. The molecular weight excluding hydrogens is 210 g/mol. The van der Waals surface area contributed by atoms with E-state index in [0.29, 0.717) is 0 Å². The average molecular weight is 227 g/mol. The first-order chi connectivity index (χ1) is 8.36. The molecule has 0 saturated heterocycles. The van der Waals surface area contributed by atoms with Gasteiger partial charge in [0.1, 0.15) is 0 Å². The Labute approximate surface area is 102 Å². The largest absolute Gasteiger partial charge is 0.323 e. The van der Waals surface area contributed by atoms with Crippen LogP contribution in [0.15, 0.2) is 70.9 Å². The molecule has 0 saturated carbocycles. The summed E-state index contributed by atoms with van der Waals surface area (Å²) >= 11 is 0. The van der Waals surface area contributed by atoms with Gasteiger partial charge in [0.05, 0.1) is 11.4 Å². The van der Waals surface area contributed by atoms with Gasteiger partial charge in [0.15, 0.2) is 0 Å². The van der Waals surface area contributed by atoms with Crippen molar-refractivity contribution in [2.75, 3.05) is 14.1 Å². The highest BCUT2D eigenvalue weighted by Crippen LogP contribution is 2.16. The van der Waals surface area contributed by atoms with Gasteiger partial charge in [-0.1, -0.05) is 36.4 Å². The van der Waals surface area contributed by atoms with Gasteiger partial charge in [-0.2, -0.15) is 10.2 Å². The number of rotatable bonds is 2. The Morgan fingerprint density at radius 2 is 0.941 bits per heavy atom. The van der Waals surface area contributed by atoms with Crippen LogP contribution in [0.4, 0.5) is 11.4 Å². The second-order valence-corrected chi connectivity index (χ2v) is 3.37. The topological polar surface area (TPSA) is 36.8 Å². The molecule has 0 heterocycles. The zero-order valence-corrected chi connectivity index (χ0v) is 10.2. The molecule has 3 heteroatoms. The van der Waals surface area contributed by atoms with E-state index >= 15 is 0 Å². The fourth-order valence-electron chi connectivity index (χ4n) is 1.10. The van der Waals surface area contributed by atoms with E-state index in [1.165, 1.54) is 0 Å². The lowest BCUT2D eigenvalue weighted by Crippen LogP contribution is -1.89. The van der Waals surface area contributed by atoms with Crippen LogP contribution < -0.4 is 5.32 Å². The van der Waals surface area contributed by atoms with Crippen LogP contribution in [0.2, 0.25) is 0 Å². The summed E-state index contributed by atoms with van der Waals surface area (Å²) in [6.07, 6.45) is 0. The summed E-state index contributed by atoms with van der Waals surface area (Å²) in [4.78, 5) is 0. The molecule has 2 rings (SSSR count). The minimum absolute atomic E-state index is 0.872. The SMILES string of the molecule is CNC.c1ccc(N=Nc2ccccc2)cc1. The third-order valence-electron chi connectivity index (χ3n) is 1.79. The number of azo groups is 1. The summed E-state index contributed by atoms with van der Waals surface area (Å²) in [5.41, 5.74) is 1.74. The molecular formula is C14H17N3. The second-order valence-electron chi connectivity index (χ2n) is 3.37. The smallest absolute Gasteiger partial charge is 0.0857 e. The number of hydrogen-bond donors (Lipinski definition) is 1. The van der Waals surface area contributed by atoms with E-state index in [9.17, 15) is 0 Å². The van der Waals surface area contributed by atoms with Gasteiger partial charge in [-0.15, -0.1) is 0 Å². The highest BCUT2D eigenvalue weighted by atomic mass is 15.1. The van der Waals surface area contributed by atoms with E-state index in [-0.39, 0.29) is 0 Å². The maximum Gasteiger partial charge on any atom is 0.0857 e. The third-order valence-corrected chi connectivity index (χ3v) is 1.79. The van der Waals surface area contributed by atoms with Crippen LogP contribution in [0.3, 0.4) is 0 Å². The van der Waals surface area contributed by atoms with Crippen molar-refractivity contribution < 1.29 is 0 Å². The molecule has 0 spiro atoms. The van der Waals surface area contributed by atoms with E-state index in [4.69, 9.17) is 0 Å². The van der Waals surface area contributed by atoms with Gasteiger partial charge in [0.25, 0.3) is 0 Å². The Bertz CT molecular complexity index is 382. The Kier molecular flexibility index (Phi) is 6.29. The summed E-state index contributed by atoms with van der Waals surface area (Å²) in [7, 11) is 3.75. The van der Waals surface area contributed by atoms with Crippen LogP contribution >= 0.6 is 0 Å². The number of nitrogens with one attached hydrogen (secondary N) is 1. The fourth-order valence-corrected chi connectivity index (χ4v) is 1.10. The van der Waals surface area contributed by atoms with Crippen LogP contribution in [0.5, 0.6) is 0 Å². The van der Waals surface area contributed by atoms with Gasteiger partial charge in [0.2, 0.25) is 0 Å². The Balaban J connectivity index is 0.000000437. The third kappa shape index (κ3) is 5.58. The monoisotopic (exact) mass is 227 g/mol. The highest BCUT2D eigenvalue weighted by Gasteiger charge is 1.86. The summed E-state index contributed by atoms with van der Waals surface area (Å²) in [6.45, 7) is 0. The summed E-state index contributed by atoms with van der Waals surface area (Å²) in [6, 6.07) is 19.4. The minimum Gasteiger partial charge on any atom is -0.323 e. The van der Waals surface area contributed by atoms with Crippen molar-refractivity contribution in [2.45, 2.75) is 0 Å². The zero-order chi connectivity index (χ0) is 12.3. The molecule has 0 unspecified atom stereocenters.